The average Bonchev–Trinajstić information content (AvgIpc) is 2.92. The smallest absolute Gasteiger partial charge is 0.307 e. The fourth-order valence-electron chi connectivity index (χ4n) is 1.43. The summed E-state index contributed by atoms with van der Waals surface area (Å²) < 4.78 is 4.95. The summed E-state index contributed by atoms with van der Waals surface area (Å²) in [7, 11) is 0. The highest BCUT2D eigenvalue weighted by Gasteiger charge is 2.09. The third-order valence-electron chi connectivity index (χ3n) is 2.39. The van der Waals surface area contributed by atoms with Gasteiger partial charge in [-0.3, -0.25) is 4.79 Å². The maximum Gasteiger partial charge on any atom is 0.307 e. The van der Waals surface area contributed by atoms with Crippen LogP contribution in [0.4, 0.5) is 0 Å². The number of halogens is 2. The number of furan rings is 1. The third-order valence-corrected chi connectivity index (χ3v) is 2.95. The Balaban J connectivity index is 2.15. The van der Waals surface area contributed by atoms with Gasteiger partial charge in [-0.1, -0.05) is 23.2 Å². The lowest BCUT2D eigenvalue weighted by atomic mass is 10.1. The van der Waals surface area contributed by atoms with Gasteiger partial charge >= 0.3 is 5.91 Å². The van der Waals surface area contributed by atoms with Crippen LogP contribution in [-0.4, -0.2) is 11.6 Å². The van der Waals surface area contributed by atoms with Crippen LogP contribution >= 0.6 is 23.2 Å². The maximum absolute atomic E-state index is 11.6. The lowest BCUT2D eigenvalue weighted by Gasteiger charge is -2.04. The van der Waals surface area contributed by atoms with Crippen LogP contribution in [0.1, 0.15) is 23.0 Å². The minimum absolute atomic E-state index is 0.189. The average molecular weight is 297 g/mol. The molecule has 0 aliphatic rings. The molecule has 98 valence electrons. The molecule has 0 atom stereocenters. The Kier molecular flexibility index (Phi) is 4.24. The molecule has 0 bridgehead atoms. The molecule has 0 fully saturated rings. The van der Waals surface area contributed by atoms with Gasteiger partial charge in [-0.2, -0.15) is 5.10 Å². The molecule has 2 rings (SSSR count). The monoisotopic (exact) mass is 296 g/mol. The molecule has 0 aliphatic heterocycles. The van der Waals surface area contributed by atoms with E-state index in [1.54, 1.807) is 37.3 Å². The fraction of sp³-hybridized carbons (Fsp3) is 0.0769. The van der Waals surface area contributed by atoms with E-state index in [9.17, 15) is 4.79 Å². The Morgan fingerprint density at radius 3 is 2.79 bits per heavy atom. The van der Waals surface area contributed by atoms with E-state index >= 15 is 0 Å². The molecule has 0 unspecified atom stereocenters. The number of nitrogens with one attached hydrogen (secondary N) is 1. The molecule has 1 N–H and O–H groups in total. The molecule has 19 heavy (non-hydrogen) atoms. The van der Waals surface area contributed by atoms with Crippen LogP contribution in [0.25, 0.3) is 0 Å². The minimum atomic E-state index is -0.428. The van der Waals surface area contributed by atoms with Gasteiger partial charge in [0.2, 0.25) is 0 Å². The van der Waals surface area contributed by atoms with E-state index in [0.717, 1.165) is 0 Å². The molecule has 1 amide bonds. The molecule has 6 heteroatoms. The number of nitrogens with zero attached hydrogens (tertiary/aromatic N) is 1. The van der Waals surface area contributed by atoms with Gasteiger partial charge < -0.3 is 4.42 Å². The fourth-order valence-corrected chi connectivity index (χ4v) is 1.86. The van der Waals surface area contributed by atoms with Crippen LogP contribution in [0.3, 0.4) is 0 Å². The van der Waals surface area contributed by atoms with Crippen molar-refractivity contribution >= 4 is 34.8 Å². The third kappa shape index (κ3) is 3.36. The van der Waals surface area contributed by atoms with Crippen molar-refractivity contribution in [1.82, 2.24) is 5.43 Å². The van der Waals surface area contributed by atoms with Crippen LogP contribution < -0.4 is 5.43 Å². The van der Waals surface area contributed by atoms with Gasteiger partial charge in [0, 0.05) is 15.6 Å². The molecule has 2 aromatic rings. The number of rotatable bonds is 3. The number of hydrogen-bond acceptors (Lipinski definition) is 3. The van der Waals surface area contributed by atoms with E-state index in [2.05, 4.69) is 10.5 Å². The van der Waals surface area contributed by atoms with Crippen molar-refractivity contribution in [2.45, 2.75) is 6.92 Å². The van der Waals surface area contributed by atoms with E-state index in [1.807, 2.05) is 0 Å². The van der Waals surface area contributed by atoms with Crippen LogP contribution in [0.2, 0.25) is 10.0 Å². The Morgan fingerprint density at radius 2 is 2.11 bits per heavy atom. The highest BCUT2D eigenvalue weighted by atomic mass is 35.5. The summed E-state index contributed by atoms with van der Waals surface area (Å²) in [6.07, 6.45) is 1.42. The standard InChI is InChI=1S/C13H10Cl2N2O2/c1-8(10-7-9(14)4-5-11(10)15)16-17-13(18)12-3-2-6-19-12/h2-7H,1H3,(H,17,18). The van der Waals surface area contributed by atoms with Crippen LogP contribution in [0.5, 0.6) is 0 Å². The van der Waals surface area contributed by atoms with Crippen LogP contribution in [0, 0.1) is 0 Å². The number of benzene rings is 1. The second-order valence-corrected chi connectivity index (χ2v) is 4.58. The second kappa shape index (κ2) is 5.91. The molecule has 1 aromatic carbocycles. The molecule has 1 heterocycles. The van der Waals surface area contributed by atoms with Crippen molar-refractivity contribution in [2.75, 3.05) is 0 Å². The lowest BCUT2D eigenvalue weighted by Crippen LogP contribution is -2.18. The number of hydrazone groups is 1. The molecule has 0 radical (unpaired) electrons. The number of amides is 1. The molecule has 0 saturated carbocycles. The molecular formula is C13H10Cl2N2O2. The Labute approximate surface area is 120 Å². The van der Waals surface area contributed by atoms with Gasteiger partial charge in [0.15, 0.2) is 5.76 Å². The van der Waals surface area contributed by atoms with Crippen LogP contribution in [-0.2, 0) is 0 Å². The number of carbonyl (C=O) groups is 1. The Morgan fingerprint density at radius 1 is 1.32 bits per heavy atom. The summed E-state index contributed by atoms with van der Waals surface area (Å²) in [4.78, 5) is 11.6. The summed E-state index contributed by atoms with van der Waals surface area (Å²) in [5, 5.41) is 5.03. The SMILES string of the molecule is CC(=NNC(=O)c1ccco1)c1cc(Cl)ccc1Cl. The lowest BCUT2D eigenvalue weighted by molar-refractivity contribution is 0.0927. The number of hydrogen-bond donors (Lipinski definition) is 1. The largest absolute Gasteiger partial charge is 0.459 e. The number of carbonyl (C=O) groups excluding carboxylic acids is 1. The first-order chi connectivity index (χ1) is 9.08. The van der Waals surface area contributed by atoms with Crippen molar-refractivity contribution in [3.05, 3.63) is 58.0 Å². The summed E-state index contributed by atoms with van der Waals surface area (Å²) in [5.41, 5.74) is 3.59. The molecule has 0 aliphatic carbocycles. The summed E-state index contributed by atoms with van der Waals surface area (Å²) in [6.45, 7) is 1.72. The zero-order valence-corrected chi connectivity index (χ0v) is 11.5. The predicted octanol–water partition coefficient (Wildman–Crippen LogP) is 3.74. The maximum atomic E-state index is 11.6. The van der Waals surface area contributed by atoms with Gasteiger partial charge in [-0.05, 0) is 37.3 Å². The van der Waals surface area contributed by atoms with Gasteiger partial charge in [0.1, 0.15) is 0 Å². The molecule has 0 spiro atoms. The zero-order valence-electron chi connectivity index (χ0n) is 9.98. The van der Waals surface area contributed by atoms with Gasteiger partial charge in [0.25, 0.3) is 0 Å². The van der Waals surface area contributed by atoms with E-state index < -0.39 is 5.91 Å². The predicted molar refractivity (Wildman–Crippen MR) is 74.8 cm³/mol. The van der Waals surface area contributed by atoms with E-state index in [1.165, 1.54) is 6.26 Å². The zero-order chi connectivity index (χ0) is 13.8. The summed E-state index contributed by atoms with van der Waals surface area (Å²) in [6, 6.07) is 8.21. The minimum Gasteiger partial charge on any atom is -0.459 e. The Bertz CT molecular complexity index is 622. The van der Waals surface area contributed by atoms with Crippen molar-refractivity contribution in [1.29, 1.82) is 0 Å². The van der Waals surface area contributed by atoms with Gasteiger partial charge in [-0.15, -0.1) is 0 Å². The molecule has 0 saturated heterocycles. The first-order valence-electron chi connectivity index (χ1n) is 5.41. The second-order valence-electron chi connectivity index (χ2n) is 3.74. The first-order valence-corrected chi connectivity index (χ1v) is 6.17. The van der Waals surface area contributed by atoms with E-state index in [0.29, 0.717) is 21.3 Å². The van der Waals surface area contributed by atoms with Crippen molar-refractivity contribution in [2.24, 2.45) is 5.10 Å². The van der Waals surface area contributed by atoms with Crippen molar-refractivity contribution in [3.63, 3.8) is 0 Å². The quantitative estimate of drug-likeness (QED) is 0.693. The normalized spacial score (nSPS) is 11.4. The highest BCUT2D eigenvalue weighted by Crippen LogP contribution is 2.21. The highest BCUT2D eigenvalue weighted by molar-refractivity contribution is 6.36. The summed E-state index contributed by atoms with van der Waals surface area (Å²) >= 11 is 11.9. The van der Waals surface area contributed by atoms with Gasteiger partial charge in [-0.25, -0.2) is 5.43 Å². The first kappa shape index (κ1) is 13.6. The van der Waals surface area contributed by atoms with Crippen molar-refractivity contribution in [3.8, 4) is 0 Å². The Hall–Kier alpha value is -1.78. The van der Waals surface area contributed by atoms with Crippen LogP contribution in [0.15, 0.2) is 46.1 Å². The molecular weight excluding hydrogens is 287 g/mol. The van der Waals surface area contributed by atoms with E-state index in [-0.39, 0.29) is 5.76 Å². The topological polar surface area (TPSA) is 54.6 Å². The van der Waals surface area contributed by atoms with E-state index in [4.69, 9.17) is 27.6 Å². The van der Waals surface area contributed by atoms with Crippen molar-refractivity contribution < 1.29 is 9.21 Å². The molecule has 1 aromatic heterocycles. The summed E-state index contributed by atoms with van der Waals surface area (Å²) in [5.74, 6) is -0.240. The molecule has 4 nitrogen and oxygen atoms in total. The van der Waals surface area contributed by atoms with Gasteiger partial charge in [0.05, 0.1) is 12.0 Å².